The van der Waals surface area contributed by atoms with Crippen molar-refractivity contribution in [3.8, 4) is 5.75 Å². The van der Waals surface area contributed by atoms with Crippen LogP contribution < -0.4 is 5.32 Å². The van der Waals surface area contributed by atoms with Crippen LogP contribution in [0.5, 0.6) is 5.75 Å². The predicted octanol–water partition coefficient (Wildman–Crippen LogP) is 2.88. The molecule has 0 radical (unpaired) electrons. The van der Waals surface area contributed by atoms with Gasteiger partial charge < -0.3 is 15.2 Å². The molecule has 1 aromatic rings. The monoisotopic (exact) mass is 261 g/mol. The van der Waals surface area contributed by atoms with Gasteiger partial charge in [-0.3, -0.25) is 0 Å². The molecule has 0 spiro atoms. The Morgan fingerprint density at radius 1 is 1.37 bits per heavy atom. The Morgan fingerprint density at radius 3 is 2.74 bits per heavy atom. The summed E-state index contributed by atoms with van der Waals surface area (Å²) >= 11 is 0. The number of ether oxygens (including phenoxy) is 1. The van der Waals surface area contributed by atoms with Crippen LogP contribution in [0.1, 0.15) is 48.9 Å². The molecule has 3 heteroatoms. The molecule has 19 heavy (non-hydrogen) atoms. The van der Waals surface area contributed by atoms with Crippen LogP contribution >= 0.6 is 0 Å². The van der Waals surface area contributed by atoms with Crippen molar-refractivity contribution in [1.29, 1.82) is 0 Å². The van der Waals surface area contributed by atoms with Crippen molar-refractivity contribution in [1.82, 2.24) is 5.32 Å². The molecule has 2 N–H and O–H groups in total. The third kappa shape index (κ3) is 2.15. The van der Waals surface area contributed by atoms with Crippen molar-refractivity contribution in [2.75, 3.05) is 19.8 Å². The third-order valence-corrected chi connectivity index (χ3v) is 4.59. The van der Waals surface area contributed by atoms with Crippen LogP contribution in [0, 0.1) is 12.3 Å². The van der Waals surface area contributed by atoms with Crippen molar-refractivity contribution >= 4 is 0 Å². The van der Waals surface area contributed by atoms with Gasteiger partial charge >= 0.3 is 0 Å². The molecule has 1 aromatic carbocycles. The first-order valence-electron chi connectivity index (χ1n) is 7.14. The number of nitrogens with one attached hydrogen (secondary N) is 1. The Kier molecular flexibility index (Phi) is 3.06. The van der Waals surface area contributed by atoms with Gasteiger partial charge in [0.2, 0.25) is 0 Å². The van der Waals surface area contributed by atoms with E-state index in [1.807, 2.05) is 12.1 Å². The topological polar surface area (TPSA) is 41.5 Å². The van der Waals surface area contributed by atoms with Gasteiger partial charge in [0.1, 0.15) is 5.75 Å². The molecular weight excluding hydrogens is 238 g/mol. The summed E-state index contributed by atoms with van der Waals surface area (Å²) in [5, 5.41) is 13.8. The highest BCUT2D eigenvalue weighted by Gasteiger charge is 2.37. The number of hydrogen-bond acceptors (Lipinski definition) is 3. The minimum absolute atomic E-state index is 0.269. The number of aryl methyl sites for hydroxylation is 1. The zero-order chi connectivity index (χ0) is 13.6. The number of aromatic hydroxyl groups is 1. The maximum Gasteiger partial charge on any atom is 0.120 e. The van der Waals surface area contributed by atoms with Crippen LogP contribution in [0.3, 0.4) is 0 Å². The Hall–Kier alpha value is -1.06. The number of rotatable bonds is 3. The van der Waals surface area contributed by atoms with Crippen LogP contribution in [0.4, 0.5) is 0 Å². The molecule has 0 bridgehead atoms. The lowest BCUT2D eigenvalue weighted by Gasteiger charge is -2.39. The molecule has 1 saturated heterocycles. The summed E-state index contributed by atoms with van der Waals surface area (Å²) in [4.78, 5) is 0. The fourth-order valence-electron chi connectivity index (χ4n) is 3.45. The summed E-state index contributed by atoms with van der Waals surface area (Å²) in [6.07, 6.45) is 1.07. The molecule has 1 aliphatic heterocycles. The van der Waals surface area contributed by atoms with Gasteiger partial charge in [-0.05, 0) is 36.5 Å². The van der Waals surface area contributed by atoms with E-state index in [-0.39, 0.29) is 11.5 Å². The maximum absolute atomic E-state index is 10.2. The van der Waals surface area contributed by atoms with Crippen LogP contribution in [-0.4, -0.2) is 24.9 Å². The summed E-state index contributed by atoms with van der Waals surface area (Å²) in [5.74, 6) is 0.961. The second kappa shape index (κ2) is 4.50. The summed E-state index contributed by atoms with van der Waals surface area (Å²) in [7, 11) is 0. The zero-order valence-corrected chi connectivity index (χ0v) is 12.0. The van der Waals surface area contributed by atoms with E-state index in [0.29, 0.717) is 11.7 Å². The van der Waals surface area contributed by atoms with E-state index in [1.54, 1.807) is 0 Å². The Balaban J connectivity index is 1.81. The van der Waals surface area contributed by atoms with Gasteiger partial charge in [-0.25, -0.2) is 0 Å². The highest BCUT2D eigenvalue weighted by atomic mass is 16.5. The van der Waals surface area contributed by atoms with Gasteiger partial charge in [0.15, 0.2) is 0 Å². The molecule has 2 aliphatic rings. The number of fused-ring (bicyclic) bond motifs is 1. The lowest BCUT2D eigenvalue weighted by atomic mass is 9.88. The number of benzene rings is 1. The molecule has 0 aromatic heterocycles. The molecule has 1 aliphatic carbocycles. The first-order valence-corrected chi connectivity index (χ1v) is 7.14. The molecule has 2 atom stereocenters. The molecule has 1 fully saturated rings. The van der Waals surface area contributed by atoms with Gasteiger partial charge in [-0.1, -0.05) is 19.9 Å². The Labute approximate surface area is 115 Å². The fraction of sp³-hybridized carbons (Fsp3) is 0.625. The van der Waals surface area contributed by atoms with E-state index in [4.69, 9.17) is 4.74 Å². The summed E-state index contributed by atoms with van der Waals surface area (Å²) in [6, 6.07) is 4.13. The number of hydrogen-bond donors (Lipinski definition) is 2. The summed E-state index contributed by atoms with van der Waals surface area (Å²) in [5.41, 5.74) is 4.03. The van der Waals surface area contributed by atoms with E-state index >= 15 is 0 Å². The Bertz CT molecular complexity index is 494. The predicted molar refractivity (Wildman–Crippen MR) is 75.5 cm³/mol. The van der Waals surface area contributed by atoms with E-state index in [0.717, 1.165) is 31.7 Å². The van der Waals surface area contributed by atoms with Crippen molar-refractivity contribution in [3.63, 3.8) is 0 Å². The summed E-state index contributed by atoms with van der Waals surface area (Å²) in [6.45, 7) is 9.28. The third-order valence-electron chi connectivity index (χ3n) is 4.59. The second-order valence-corrected chi connectivity index (χ2v) is 6.60. The van der Waals surface area contributed by atoms with Gasteiger partial charge in [-0.2, -0.15) is 0 Å². The van der Waals surface area contributed by atoms with Crippen molar-refractivity contribution in [2.45, 2.75) is 39.2 Å². The second-order valence-electron chi connectivity index (χ2n) is 6.60. The molecule has 0 saturated carbocycles. The molecule has 0 amide bonds. The lowest BCUT2D eigenvalue weighted by Crippen LogP contribution is -2.47. The van der Waals surface area contributed by atoms with Crippen molar-refractivity contribution in [3.05, 3.63) is 28.8 Å². The molecule has 3 nitrogen and oxygen atoms in total. The largest absolute Gasteiger partial charge is 0.508 e. The fourth-order valence-corrected chi connectivity index (χ4v) is 3.45. The highest BCUT2D eigenvalue weighted by Crippen LogP contribution is 2.46. The molecule has 1 heterocycles. The number of phenolic OH excluding ortho intramolecular Hbond substituents is 1. The molecule has 2 unspecified atom stereocenters. The first kappa shape index (κ1) is 12.9. The maximum atomic E-state index is 10.2. The quantitative estimate of drug-likeness (QED) is 0.879. The normalized spacial score (nSPS) is 27.9. The van der Waals surface area contributed by atoms with E-state index in [2.05, 4.69) is 26.1 Å². The van der Waals surface area contributed by atoms with E-state index in [1.165, 1.54) is 11.1 Å². The van der Waals surface area contributed by atoms with Crippen LogP contribution in [-0.2, 0) is 4.74 Å². The average molecular weight is 261 g/mol. The lowest BCUT2D eigenvalue weighted by molar-refractivity contribution is -0.100. The minimum atomic E-state index is 0.269. The van der Waals surface area contributed by atoms with Crippen LogP contribution in [0.15, 0.2) is 12.1 Å². The number of phenols is 1. The van der Waals surface area contributed by atoms with E-state index in [9.17, 15) is 5.11 Å². The van der Waals surface area contributed by atoms with Gasteiger partial charge in [0.05, 0.1) is 13.2 Å². The SMILES string of the molecule is Cc1ccc(O)c2c1C(C)CC2NCC1(C)COC1. The first-order chi connectivity index (χ1) is 9.00. The van der Waals surface area contributed by atoms with Crippen molar-refractivity contribution in [2.24, 2.45) is 5.41 Å². The smallest absolute Gasteiger partial charge is 0.120 e. The van der Waals surface area contributed by atoms with Gasteiger partial charge in [0, 0.05) is 23.6 Å². The van der Waals surface area contributed by atoms with Crippen LogP contribution in [0.25, 0.3) is 0 Å². The zero-order valence-electron chi connectivity index (χ0n) is 12.0. The molecule has 104 valence electrons. The van der Waals surface area contributed by atoms with Gasteiger partial charge in [-0.15, -0.1) is 0 Å². The standard InChI is InChI=1S/C16H23NO2/c1-10-4-5-13(18)15-12(6-11(2)14(10)15)17-7-16(3)8-19-9-16/h4-5,11-12,17-18H,6-9H2,1-3H3. The Morgan fingerprint density at radius 2 is 2.11 bits per heavy atom. The highest BCUT2D eigenvalue weighted by molar-refractivity contribution is 5.50. The van der Waals surface area contributed by atoms with Gasteiger partial charge in [0.25, 0.3) is 0 Å². The molecule has 3 rings (SSSR count). The van der Waals surface area contributed by atoms with E-state index < -0.39 is 0 Å². The van der Waals surface area contributed by atoms with Crippen LogP contribution in [0.2, 0.25) is 0 Å². The average Bonchev–Trinajstić information content (AvgIpc) is 2.67. The minimum Gasteiger partial charge on any atom is -0.508 e. The summed E-state index contributed by atoms with van der Waals surface area (Å²) < 4.78 is 5.30. The van der Waals surface area contributed by atoms with Crippen molar-refractivity contribution < 1.29 is 9.84 Å². The molecular formula is C16H23NO2.